The highest BCUT2D eigenvalue weighted by Crippen LogP contribution is 2.49. The van der Waals surface area contributed by atoms with Gasteiger partial charge in [-0.05, 0) is 71.0 Å². The summed E-state index contributed by atoms with van der Waals surface area (Å²) in [7, 11) is 0. The summed E-state index contributed by atoms with van der Waals surface area (Å²) in [5.74, 6) is -0.919. The van der Waals surface area contributed by atoms with Crippen LogP contribution in [-0.4, -0.2) is 37.9 Å². The number of rotatable bonds is 4. The van der Waals surface area contributed by atoms with E-state index in [9.17, 15) is 31.1 Å². The molecule has 2 aromatic rings. The summed E-state index contributed by atoms with van der Waals surface area (Å²) < 4.78 is 80.0. The van der Waals surface area contributed by atoms with Crippen molar-refractivity contribution in [1.82, 2.24) is 5.32 Å². The molecule has 1 fully saturated rings. The maximum absolute atomic E-state index is 14.2. The van der Waals surface area contributed by atoms with Crippen LogP contribution in [0.2, 0.25) is 10.0 Å². The minimum atomic E-state index is -4.58. The number of hydrogen-bond donors (Lipinski definition) is 1. The Labute approximate surface area is 203 Å². The SMILES string of the molecule is O=C(NCC(F)(F)F)c1ccc(N2CCC(c3cc(Cl)cc(Cl)c3)(C(F)(F)F)C2)cc1I. The van der Waals surface area contributed by atoms with Crippen LogP contribution in [0.5, 0.6) is 0 Å². The lowest BCUT2D eigenvalue weighted by atomic mass is 9.79. The summed E-state index contributed by atoms with van der Waals surface area (Å²) in [4.78, 5) is 13.5. The molecule has 1 unspecified atom stereocenters. The zero-order chi connectivity index (χ0) is 23.9. The molecular weight excluding hydrogens is 596 g/mol. The van der Waals surface area contributed by atoms with Gasteiger partial charge in [-0.1, -0.05) is 23.2 Å². The number of carbonyl (C=O) groups is 1. The van der Waals surface area contributed by atoms with E-state index in [1.165, 1.54) is 41.3 Å². The van der Waals surface area contributed by atoms with Crippen LogP contribution in [0.25, 0.3) is 0 Å². The molecule has 0 spiro atoms. The average Bonchev–Trinajstić information content (AvgIpc) is 3.11. The summed E-state index contributed by atoms with van der Waals surface area (Å²) in [6, 6.07) is 8.05. The molecule has 12 heteroatoms. The second kappa shape index (κ2) is 9.09. The highest BCUT2D eigenvalue weighted by atomic mass is 127. The molecule has 2 aromatic carbocycles. The maximum atomic E-state index is 14.2. The Balaban J connectivity index is 1.87. The van der Waals surface area contributed by atoms with Gasteiger partial charge >= 0.3 is 12.4 Å². The van der Waals surface area contributed by atoms with Crippen LogP contribution in [0.15, 0.2) is 36.4 Å². The fraction of sp³-hybridized carbons (Fsp3) is 0.350. The van der Waals surface area contributed by atoms with Gasteiger partial charge in [-0.3, -0.25) is 4.79 Å². The summed E-state index contributed by atoms with van der Waals surface area (Å²) in [6.07, 6.45) is -9.38. The largest absolute Gasteiger partial charge is 0.405 e. The van der Waals surface area contributed by atoms with E-state index in [0.29, 0.717) is 9.26 Å². The third-order valence-electron chi connectivity index (χ3n) is 5.24. The van der Waals surface area contributed by atoms with E-state index in [0.717, 1.165) is 0 Å². The standard InChI is InChI=1S/C20H15Cl2F6IN2O/c21-12-5-11(6-13(22)7-12)18(20(26,27)28)3-4-31(10-18)14-1-2-15(16(29)8-14)17(32)30-9-19(23,24)25/h1-2,5-8H,3-4,9-10H2,(H,30,32). The number of amides is 1. The fourth-order valence-electron chi connectivity index (χ4n) is 3.65. The number of nitrogens with one attached hydrogen (secondary N) is 1. The van der Waals surface area contributed by atoms with Crippen molar-refractivity contribution in [3.05, 3.63) is 61.1 Å². The molecule has 1 atom stereocenters. The molecule has 3 nitrogen and oxygen atoms in total. The zero-order valence-electron chi connectivity index (χ0n) is 16.0. The summed E-state index contributed by atoms with van der Waals surface area (Å²) in [5.41, 5.74) is -1.82. The van der Waals surface area contributed by atoms with Crippen molar-refractivity contribution >= 4 is 57.4 Å². The minimum Gasteiger partial charge on any atom is -0.370 e. The number of halogens is 9. The van der Waals surface area contributed by atoms with Gasteiger partial charge in [-0.15, -0.1) is 0 Å². The number of hydrogen-bond acceptors (Lipinski definition) is 2. The van der Waals surface area contributed by atoms with Crippen LogP contribution in [0, 0.1) is 3.57 Å². The lowest BCUT2D eigenvalue weighted by molar-refractivity contribution is -0.184. The predicted octanol–water partition coefficient (Wildman–Crippen LogP) is 6.60. The van der Waals surface area contributed by atoms with E-state index >= 15 is 0 Å². The van der Waals surface area contributed by atoms with Gasteiger partial charge in [0.2, 0.25) is 0 Å². The Morgan fingerprint density at radius 2 is 1.69 bits per heavy atom. The van der Waals surface area contributed by atoms with Crippen LogP contribution < -0.4 is 10.2 Å². The van der Waals surface area contributed by atoms with Crippen molar-refractivity contribution in [2.24, 2.45) is 0 Å². The lowest BCUT2D eigenvalue weighted by Crippen LogP contribution is -2.44. The van der Waals surface area contributed by atoms with Crippen molar-refractivity contribution in [3.63, 3.8) is 0 Å². The molecular formula is C20H15Cl2F6IN2O. The summed E-state index contributed by atoms with van der Waals surface area (Å²) >= 11 is 13.6. The van der Waals surface area contributed by atoms with Crippen molar-refractivity contribution in [2.45, 2.75) is 24.2 Å². The quantitative estimate of drug-likeness (QED) is 0.313. The lowest BCUT2D eigenvalue weighted by Gasteiger charge is -2.33. The normalized spacial score (nSPS) is 19.3. The van der Waals surface area contributed by atoms with Crippen LogP contribution in [0.3, 0.4) is 0 Å². The van der Waals surface area contributed by atoms with Gasteiger partial charge < -0.3 is 10.2 Å². The van der Waals surface area contributed by atoms with Crippen LogP contribution >= 0.6 is 45.8 Å². The molecule has 1 aliphatic heterocycles. The predicted molar refractivity (Wildman–Crippen MR) is 119 cm³/mol. The fourth-order valence-corrected chi connectivity index (χ4v) is 4.92. The van der Waals surface area contributed by atoms with Crippen molar-refractivity contribution < 1.29 is 31.1 Å². The molecule has 3 rings (SSSR count). The van der Waals surface area contributed by atoms with Crippen molar-refractivity contribution in [3.8, 4) is 0 Å². The van der Waals surface area contributed by atoms with Gasteiger partial charge in [0, 0.05) is 32.4 Å². The number of benzene rings is 2. The highest BCUT2D eigenvalue weighted by molar-refractivity contribution is 14.1. The molecule has 32 heavy (non-hydrogen) atoms. The van der Waals surface area contributed by atoms with Gasteiger partial charge in [0.05, 0.1) is 5.56 Å². The van der Waals surface area contributed by atoms with E-state index in [4.69, 9.17) is 23.2 Å². The maximum Gasteiger partial charge on any atom is 0.405 e. The Bertz CT molecular complexity index is 1010. The number of alkyl halides is 6. The van der Waals surface area contributed by atoms with E-state index in [-0.39, 0.29) is 34.1 Å². The van der Waals surface area contributed by atoms with Crippen molar-refractivity contribution in [2.75, 3.05) is 24.5 Å². The summed E-state index contributed by atoms with van der Waals surface area (Å²) in [5, 5.41) is 1.97. The van der Waals surface area contributed by atoms with E-state index < -0.39 is 36.8 Å². The number of carbonyl (C=O) groups excluding carboxylic acids is 1. The Morgan fingerprint density at radius 1 is 1.06 bits per heavy atom. The Hall–Kier alpha value is -1.40. The van der Waals surface area contributed by atoms with E-state index in [2.05, 4.69) is 0 Å². The highest BCUT2D eigenvalue weighted by Gasteiger charge is 2.59. The van der Waals surface area contributed by atoms with Crippen LogP contribution in [0.4, 0.5) is 32.0 Å². The molecule has 1 saturated heterocycles. The zero-order valence-corrected chi connectivity index (χ0v) is 19.7. The van der Waals surface area contributed by atoms with Gasteiger partial charge in [0.25, 0.3) is 5.91 Å². The summed E-state index contributed by atoms with van der Waals surface area (Å²) in [6.45, 7) is -1.81. The molecule has 0 aromatic heterocycles. The van der Waals surface area contributed by atoms with Crippen molar-refractivity contribution in [1.29, 1.82) is 0 Å². The number of anilines is 1. The van der Waals surface area contributed by atoms with E-state index in [1.807, 2.05) is 0 Å². The van der Waals surface area contributed by atoms with Crippen LogP contribution in [-0.2, 0) is 5.41 Å². The Morgan fingerprint density at radius 3 is 2.22 bits per heavy atom. The Kier molecular flexibility index (Phi) is 7.17. The molecule has 0 aliphatic carbocycles. The molecule has 0 bridgehead atoms. The second-order valence-corrected chi connectivity index (χ2v) is 9.41. The first-order valence-electron chi connectivity index (χ1n) is 9.15. The van der Waals surface area contributed by atoms with E-state index in [1.54, 1.807) is 27.9 Å². The first kappa shape index (κ1) is 25.2. The van der Waals surface area contributed by atoms with Gasteiger partial charge in [-0.2, -0.15) is 26.3 Å². The first-order valence-corrected chi connectivity index (χ1v) is 11.0. The molecule has 0 radical (unpaired) electrons. The molecule has 0 saturated carbocycles. The molecule has 1 amide bonds. The smallest absolute Gasteiger partial charge is 0.370 e. The first-order chi connectivity index (χ1) is 14.7. The third kappa shape index (κ3) is 5.39. The molecule has 1 N–H and O–H groups in total. The topological polar surface area (TPSA) is 32.3 Å². The molecule has 1 heterocycles. The second-order valence-electron chi connectivity index (χ2n) is 7.37. The van der Waals surface area contributed by atoms with Gasteiger partial charge in [-0.25, -0.2) is 0 Å². The monoisotopic (exact) mass is 610 g/mol. The number of nitrogens with zero attached hydrogens (tertiary/aromatic N) is 1. The average molecular weight is 611 g/mol. The third-order valence-corrected chi connectivity index (χ3v) is 6.57. The van der Waals surface area contributed by atoms with Crippen LogP contribution in [0.1, 0.15) is 22.3 Å². The van der Waals surface area contributed by atoms with Gasteiger partial charge in [0.1, 0.15) is 12.0 Å². The molecule has 1 aliphatic rings. The minimum absolute atomic E-state index is 0.00139. The van der Waals surface area contributed by atoms with Gasteiger partial charge in [0.15, 0.2) is 0 Å². The molecule has 174 valence electrons.